The van der Waals surface area contributed by atoms with Gasteiger partial charge in [0.1, 0.15) is 5.75 Å². The number of fused-ring (bicyclic) bond motifs is 1. The van der Waals surface area contributed by atoms with E-state index < -0.39 is 23.3 Å². The molecule has 2 heterocycles. The molecule has 0 unspecified atom stereocenters. The molecule has 4 aromatic rings. The Morgan fingerprint density at radius 3 is 2.38 bits per heavy atom. The second-order valence-electron chi connectivity index (χ2n) is 7.94. The van der Waals surface area contributed by atoms with Gasteiger partial charge in [-0.15, -0.1) is 10.3 Å². The standard InChI is InChI=1S/C24H24F2N4O3S/c1-33-18-8-6-17(7-9-18)30-22-16(13-27-24(29-22)28-14-21(25)26)12-20(23(30)31)15-4-10-19(11-5-15)34(2,3)32/h4-13,21,32H,14H2,1-3H3,(H,27,28,29). The van der Waals surface area contributed by atoms with Gasteiger partial charge in [0.25, 0.3) is 12.0 Å². The van der Waals surface area contributed by atoms with Crippen LogP contribution in [0.5, 0.6) is 5.75 Å². The Morgan fingerprint density at radius 2 is 1.79 bits per heavy atom. The number of pyridine rings is 1. The van der Waals surface area contributed by atoms with Crippen molar-refractivity contribution in [1.29, 1.82) is 0 Å². The first-order chi connectivity index (χ1) is 16.2. The Balaban J connectivity index is 1.92. The van der Waals surface area contributed by atoms with E-state index in [1.807, 2.05) is 0 Å². The summed E-state index contributed by atoms with van der Waals surface area (Å²) in [7, 11) is -0.350. The molecule has 10 heteroatoms. The summed E-state index contributed by atoms with van der Waals surface area (Å²) in [5.41, 5.74) is 1.57. The molecule has 34 heavy (non-hydrogen) atoms. The predicted molar refractivity (Wildman–Crippen MR) is 132 cm³/mol. The number of hydrogen-bond donors (Lipinski definition) is 2. The minimum atomic E-state index is -2.57. The fourth-order valence-electron chi connectivity index (χ4n) is 3.50. The minimum absolute atomic E-state index is 0.000262. The molecule has 0 fully saturated rings. The SMILES string of the molecule is COc1ccc(-n2c(=O)c(-c3ccc(S(C)(C)O)cc3)cc3cnc(NCC(F)F)nc32)cc1. The molecule has 0 aliphatic heterocycles. The molecule has 0 spiro atoms. The highest BCUT2D eigenvalue weighted by Crippen LogP contribution is 2.44. The Hall–Kier alpha value is -3.50. The lowest BCUT2D eigenvalue weighted by Gasteiger charge is -2.23. The lowest BCUT2D eigenvalue weighted by molar-refractivity contribution is 0.163. The summed E-state index contributed by atoms with van der Waals surface area (Å²) in [5.74, 6) is 0.621. The number of alkyl halides is 2. The number of rotatable bonds is 7. The van der Waals surface area contributed by atoms with Gasteiger partial charge in [0, 0.05) is 22.0 Å². The lowest BCUT2D eigenvalue weighted by Crippen LogP contribution is -2.22. The van der Waals surface area contributed by atoms with Gasteiger partial charge in [0.15, 0.2) is 5.65 Å². The maximum atomic E-state index is 13.7. The van der Waals surface area contributed by atoms with Crippen LogP contribution in [0.15, 0.2) is 70.5 Å². The third kappa shape index (κ3) is 4.87. The van der Waals surface area contributed by atoms with E-state index in [9.17, 15) is 18.1 Å². The molecule has 0 atom stereocenters. The van der Waals surface area contributed by atoms with Gasteiger partial charge >= 0.3 is 0 Å². The van der Waals surface area contributed by atoms with Crippen molar-refractivity contribution in [3.05, 3.63) is 71.1 Å². The molecule has 2 aromatic carbocycles. The number of hydrogen-bond acceptors (Lipinski definition) is 6. The van der Waals surface area contributed by atoms with Gasteiger partial charge in [-0.3, -0.25) is 9.36 Å². The lowest BCUT2D eigenvalue weighted by atomic mass is 10.1. The maximum absolute atomic E-state index is 13.7. The van der Waals surface area contributed by atoms with Gasteiger partial charge in [0.2, 0.25) is 5.95 Å². The van der Waals surface area contributed by atoms with E-state index in [2.05, 4.69) is 15.3 Å². The van der Waals surface area contributed by atoms with Crippen molar-refractivity contribution in [2.24, 2.45) is 0 Å². The number of aromatic nitrogens is 3. The maximum Gasteiger partial charge on any atom is 0.264 e. The van der Waals surface area contributed by atoms with E-state index in [1.54, 1.807) is 74.2 Å². The summed E-state index contributed by atoms with van der Waals surface area (Å²) < 4.78 is 42.3. The molecule has 2 N–H and O–H groups in total. The Morgan fingerprint density at radius 1 is 1.12 bits per heavy atom. The second kappa shape index (κ2) is 9.40. The van der Waals surface area contributed by atoms with E-state index in [4.69, 9.17) is 4.74 Å². The van der Waals surface area contributed by atoms with Crippen molar-refractivity contribution < 1.29 is 18.1 Å². The Bertz CT molecular complexity index is 1370. The molecule has 0 bridgehead atoms. The second-order valence-corrected chi connectivity index (χ2v) is 11.0. The summed E-state index contributed by atoms with van der Waals surface area (Å²) in [6.07, 6.45) is 2.46. The molecular formula is C24H24F2N4O3S. The fraction of sp³-hybridized carbons (Fsp3) is 0.208. The number of anilines is 1. The highest BCUT2D eigenvalue weighted by Gasteiger charge is 2.17. The predicted octanol–water partition coefficient (Wildman–Crippen LogP) is 5.03. The first-order valence-corrected chi connectivity index (χ1v) is 12.7. The van der Waals surface area contributed by atoms with Crippen LogP contribution in [0.4, 0.5) is 14.7 Å². The van der Waals surface area contributed by atoms with Crippen LogP contribution < -0.4 is 15.6 Å². The molecular weight excluding hydrogens is 462 g/mol. The minimum Gasteiger partial charge on any atom is -0.497 e. The van der Waals surface area contributed by atoms with E-state index in [0.29, 0.717) is 28.0 Å². The van der Waals surface area contributed by atoms with Crippen molar-refractivity contribution in [2.75, 3.05) is 31.5 Å². The molecule has 0 aliphatic rings. The molecule has 0 saturated carbocycles. The van der Waals surface area contributed by atoms with Crippen molar-refractivity contribution >= 4 is 27.3 Å². The molecule has 0 aliphatic carbocycles. The average Bonchev–Trinajstić information content (AvgIpc) is 2.82. The Kier molecular flexibility index (Phi) is 6.54. The van der Waals surface area contributed by atoms with Gasteiger partial charge in [-0.1, -0.05) is 12.1 Å². The summed E-state index contributed by atoms with van der Waals surface area (Å²) in [6, 6.07) is 15.8. The van der Waals surface area contributed by atoms with Crippen LogP contribution in [0.2, 0.25) is 0 Å². The zero-order chi connectivity index (χ0) is 24.5. The normalized spacial score (nSPS) is 12.2. The number of methoxy groups -OCH3 is 1. The third-order valence-corrected chi connectivity index (χ3v) is 6.65. The zero-order valence-electron chi connectivity index (χ0n) is 18.8. The van der Waals surface area contributed by atoms with E-state index >= 15 is 0 Å². The van der Waals surface area contributed by atoms with E-state index in [-0.39, 0.29) is 17.2 Å². The molecule has 7 nitrogen and oxygen atoms in total. The first-order valence-electron chi connectivity index (χ1n) is 10.3. The van der Waals surface area contributed by atoms with Crippen LogP contribution in [-0.4, -0.2) is 51.7 Å². The fourth-order valence-corrected chi connectivity index (χ4v) is 4.30. The highest BCUT2D eigenvalue weighted by atomic mass is 32.3. The van der Waals surface area contributed by atoms with Crippen molar-refractivity contribution in [3.8, 4) is 22.6 Å². The van der Waals surface area contributed by atoms with Crippen LogP contribution in [-0.2, 0) is 0 Å². The molecule has 2 aromatic heterocycles. The number of ether oxygens (including phenoxy) is 1. The monoisotopic (exact) mass is 486 g/mol. The molecule has 0 radical (unpaired) electrons. The summed E-state index contributed by atoms with van der Waals surface area (Å²) in [4.78, 5) is 23.0. The topological polar surface area (TPSA) is 89.3 Å². The van der Waals surface area contributed by atoms with Gasteiger partial charge in [0.05, 0.1) is 19.3 Å². The Labute approximate surface area is 196 Å². The number of benzene rings is 2. The summed E-state index contributed by atoms with van der Waals surface area (Å²) in [6.45, 7) is -0.605. The number of nitrogens with one attached hydrogen (secondary N) is 1. The average molecular weight is 487 g/mol. The van der Waals surface area contributed by atoms with E-state index in [0.717, 1.165) is 4.90 Å². The summed E-state index contributed by atoms with van der Waals surface area (Å²) >= 11 is 0. The molecule has 0 amide bonds. The van der Waals surface area contributed by atoms with Gasteiger partial charge in [-0.05, 0) is 60.5 Å². The van der Waals surface area contributed by atoms with Crippen molar-refractivity contribution in [1.82, 2.24) is 14.5 Å². The van der Waals surface area contributed by atoms with Gasteiger partial charge < -0.3 is 14.6 Å². The van der Waals surface area contributed by atoms with Crippen LogP contribution in [0.25, 0.3) is 27.8 Å². The van der Waals surface area contributed by atoms with Crippen LogP contribution >= 0.6 is 10.3 Å². The van der Waals surface area contributed by atoms with Crippen molar-refractivity contribution in [3.63, 3.8) is 0 Å². The van der Waals surface area contributed by atoms with Gasteiger partial charge in [-0.25, -0.2) is 13.8 Å². The molecule has 0 saturated heterocycles. The smallest absolute Gasteiger partial charge is 0.264 e. The largest absolute Gasteiger partial charge is 0.497 e. The highest BCUT2D eigenvalue weighted by molar-refractivity contribution is 8.28. The summed E-state index contributed by atoms with van der Waals surface area (Å²) in [5, 5.41) is 3.05. The van der Waals surface area contributed by atoms with Crippen LogP contribution in [0.1, 0.15) is 0 Å². The molecule has 4 rings (SSSR count). The van der Waals surface area contributed by atoms with Gasteiger partial charge in [-0.2, -0.15) is 4.98 Å². The number of nitrogens with zero attached hydrogens (tertiary/aromatic N) is 3. The number of halogens is 2. The third-order valence-electron chi connectivity index (χ3n) is 5.23. The van der Waals surface area contributed by atoms with Crippen molar-refractivity contribution in [2.45, 2.75) is 11.3 Å². The van der Waals surface area contributed by atoms with Crippen LogP contribution in [0.3, 0.4) is 0 Å². The molecule has 178 valence electrons. The quantitative estimate of drug-likeness (QED) is 0.381. The van der Waals surface area contributed by atoms with Crippen LogP contribution in [0, 0.1) is 0 Å². The first kappa shape index (κ1) is 23.7. The van der Waals surface area contributed by atoms with E-state index in [1.165, 1.54) is 10.8 Å². The zero-order valence-corrected chi connectivity index (χ0v) is 19.6.